The molecule has 0 heterocycles. The highest BCUT2D eigenvalue weighted by atomic mass is 14.7. The summed E-state index contributed by atoms with van der Waals surface area (Å²) in [6.07, 6.45) is 14.6. The normalized spacial score (nSPS) is 41.4. The minimum absolute atomic E-state index is 0.152. The van der Waals surface area contributed by atoms with Crippen LogP contribution < -0.4 is 0 Å². The van der Waals surface area contributed by atoms with Gasteiger partial charge in [0.15, 0.2) is 0 Å². The van der Waals surface area contributed by atoms with Crippen LogP contribution in [-0.4, -0.2) is 0 Å². The Hall–Kier alpha value is -1.30. The van der Waals surface area contributed by atoms with Gasteiger partial charge < -0.3 is 0 Å². The Morgan fingerprint density at radius 2 is 1.73 bits per heavy atom. The second kappa shape index (κ2) is 4.60. The average Bonchev–Trinajstić information content (AvgIpc) is 2.89. The molecule has 0 aliphatic heterocycles. The molecule has 1 aromatic rings. The van der Waals surface area contributed by atoms with E-state index < -0.39 is 0 Å². The van der Waals surface area contributed by atoms with Gasteiger partial charge in [0, 0.05) is 5.41 Å². The Bertz CT molecular complexity index is 635. The number of benzene rings is 1. The van der Waals surface area contributed by atoms with E-state index in [0.717, 1.165) is 0 Å². The van der Waals surface area contributed by atoms with E-state index in [0.29, 0.717) is 16.7 Å². The fourth-order valence-electron chi connectivity index (χ4n) is 5.95. The van der Waals surface area contributed by atoms with Crippen molar-refractivity contribution in [3.05, 3.63) is 59.7 Å². The quantitative estimate of drug-likeness (QED) is 0.582. The predicted octanol–water partition coefficient (Wildman–Crippen LogP) is 6.05. The zero-order valence-electron chi connectivity index (χ0n) is 14.2. The fourth-order valence-corrected chi connectivity index (χ4v) is 5.95. The minimum Gasteiger partial charge on any atom is -0.0815 e. The van der Waals surface area contributed by atoms with E-state index in [1.807, 2.05) is 0 Å². The molecule has 4 rings (SSSR count). The number of hydrogen-bond acceptors (Lipinski definition) is 0. The summed E-state index contributed by atoms with van der Waals surface area (Å²) in [4.78, 5) is 0. The lowest BCUT2D eigenvalue weighted by molar-refractivity contribution is 0.0594. The zero-order chi connectivity index (χ0) is 15.4. The van der Waals surface area contributed by atoms with Crippen molar-refractivity contribution in [3.8, 4) is 0 Å². The van der Waals surface area contributed by atoms with E-state index in [1.54, 1.807) is 5.57 Å². The lowest BCUT2D eigenvalue weighted by Gasteiger charge is -2.49. The first-order valence-electron chi connectivity index (χ1n) is 9.01. The average molecular weight is 292 g/mol. The largest absolute Gasteiger partial charge is 0.0815 e. The molecule has 116 valence electrons. The molecule has 0 spiro atoms. The Morgan fingerprint density at radius 1 is 1.00 bits per heavy atom. The summed E-state index contributed by atoms with van der Waals surface area (Å²) in [5.74, 6) is 0.630. The molecule has 0 saturated heterocycles. The van der Waals surface area contributed by atoms with Crippen molar-refractivity contribution >= 4 is 0 Å². The zero-order valence-corrected chi connectivity index (χ0v) is 14.2. The topological polar surface area (TPSA) is 0 Å². The maximum Gasteiger partial charge on any atom is 0.0404 e. The summed E-state index contributed by atoms with van der Waals surface area (Å²) < 4.78 is 0. The summed E-state index contributed by atoms with van der Waals surface area (Å²) in [6, 6.07) is 11.3. The SMILES string of the molecule is CC(C)/C=C1\C[C@]23C=C[C@]1(c1ccccc1)[C@@]2(C)CCCC3. The molecular formula is C22H28. The van der Waals surface area contributed by atoms with E-state index >= 15 is 0 Å². The maximum atomic E-state index is 2.61. The predicted molar refractivity (Wildman–Crippen MR) is 93.8 cm³/mol. The molecule has 0 unspecified atom stereocenters. The van der Waals surface area contributed by atoms with Crippen LogP contribution in [0.3, 0.4) is 0 Å². The van der Waals surface area contributed by atoms with Gasteiger partial charge in [-0.3, -0.25) is 0 Å². The van der Waals surface area contributed by atoms with Crippen LogP contribution in [0.4, 0.5) is 0 Å². The van der Waals surface area contributed by atoms with Crippen molar-refractivity contribution in [2.75, 3.05) is 0 Å². The first-order chi connectivity index (χ1) is 10.5. The third kappa shape index (κ3) is 1.54. The highest BCUT2D eigenvalue weighted by Gasteiger charge is 2.69. The monoisotopic (exact) mass is 292 g/mol. The molecule has 2 fully saturated rings. The number of allylic oxidation sites excluding steroid dienone is 4. The minimum atomic E-state index is 0.152. The number of hydrogen-bond donors (Lipinski definition) is 0. The van der Waals surface area contributed by atoms with Gasteiger partial charge in [-0.1, -0.05) is 87.7 Å². The molecule has 2 bridgehead atoms. The molecule has 0 aromatic heterocycles. The lowest BCUT2D eigenvalue weighted by atomic mass is 9.54. The van der Waals surface area contributed by atoms with Crippen molar-refractivity contribution in [1.29, 1.82) is 0 Å². The van der Waals surface area contributed by atoms with Gasteiger partial charge in [-0.2, -0.15) is 0 Å². The van der Waals surface area contributed by atoms with E-state index in [4.69, 9.17) is 0 Å². The molecule has 3 aliphatic carbocycles. The van der Waals surface area contributed by atoms with E-state index in [1.165, 1.54) is 37.7 Å². The maximum absolute atomic E-state index is 2.61. The molecule has 3 aliphatic rings. The highest BCUT2D eigenvalue weighted by molar-refractivity contribution is 5.56. The van der Waals surface area contributed by atoms with E-state index in [9.17, 15) is 0 Å². The van der Waals surface area contributed by atoms with Crippen molar-refractivity contribution in [2.24, 2.45) is 16.7 Å². The third-order valence-electron chi connectivity index (χ3n) is 6.95. The Balaban J connectivity index is 1.97. The van der Waals surface area contributed by atoms with Gasteiger partial charge in [0.25, 0.3) is 0 Å². The van der Waals surface area contributed by atoms with Crippen LogP contribution in [0.5, 0.6) is 0 Å². The standard InChI is InChI=1S/C22H28/c1-17(2)15-19-16-21-12-8-7-11-20(21,3)22(19,14-13-21)18-9-5-4-6-10-18/h4-6,9-10,13-15,17H,7-8,11-12,16H2,1-3H3/b19-15+/t20-,21-,22+/m0/s1. The third-order valence-corrected chi connectivity index (χ3v) is 6.95. The van der Waals surface area contributed by atoms with Gasteiger partial charge in [0.2, 0.25) is 0 Å². The molecule has 2 saturated carbocycles. The summed E-state index contributed by atoms with van der Waals surface area (Å²) >= 11 is 0. The number of rotatable bonds is 2. The molecule has 22 heavy (non-hydrogen) atoms. The van der Waals surface area contributed by atoms with E-state index in [-0.39, 0.29) is 5.41 Å². The molecule has 0 N–H and O–H groups in total. The molecule has 1 aromatic carbocycles. The summed E-state index contributed by atoms with van der Waals surface area (Å²) in [5.41, 5.74) is 4.16. The van der Waals surface area contributed by atoms with Crippen LogP contribution in [-0.2, 0) is 5.41 Å². The van der Waals surface area contributed by atoms with Gasteiger partial charge in [-0.05, 0) is 41.6 Å². The van der Waals surface area contributed by atoms with Gasteiger partial charge in [0.05, 0.1) is 0 Å². The van der Waals surface area contributed by atoms with Crippen LogP contribution in [0.2, 0.25) is 0 Å². The van der Waals surface area contributed by atoms with Gasteiger partial charge in [-0.15, -0.1) is 0 Å². The Labute approximate surface area is 135 Å². The fraction of sp³-hybridized carbons (Fsp3) is 0.545. The second-order valence-corrected chi connectivity index (χ2v) is 8.32. The Morgan fingerprint density at radius 3 is 2.45 bits per heavy atom. The summed E-state index contributed by atoms with van der Waals surface area (Å²) in [6.45, 7) is 7.23. The molecule has 0 radical (unpaired) electrons. The van der Waals surface area contributed by atoms with Crippen molar-refractivity contribution in [3.63, 3.8) is 0 Å². The Kier molecular flexibility index (Phi) is 2.99. The van der Waals surface area contributed by atoms with E-state index in [2.05, 4.69) is 69.3 Å². The highest BCUT2D eigenvalue weighted by Crippen LogP contribution is 2.75. The van der Waals surface area contributed by atoms with Crippen LogP contribution in [0, 0.1) is 16.7 Å². The van der Waals surface area contributed by atoms with Gasteiger partial charge >= 0.3 is 0 Å². The first-order valence-corrected chi connectivity index (χ1v) is 9.01. The molecule has 0 heteroatoms. The smallest absolute Gasteiger partial charge is 0.0404 e. The molecular weight excluding hydrogens is 264 g/mol. The first kappa shape index (κ1) is 14.3. The molecule has 3 atom stereocenters. The van der Waals surface area contributed by atoms with Crippen LogP contribution in [0.25, 0.3) is 0 Å². The van der Waals surface area contributed by atoms with Crippen LogP contribution in [0.1, 0.15) is 58.4 Å². The van der Waals surface area contributed by atoms with Crippen molar-refractivity contribution in [1.82, 2.24) is 0 Å². The molecule has 0 nitrogen and oxygen atoms in total. The summed E-state index contributed by atoms with van der Waals surface area (Å²) in [7, 11) is 0. The second-order valence-electron chi connectivity index (χ2n) is 8.32. The molecule has 0 amide bonds. The lowest BCUT2D eigenvalue weighted by Crippen LogP contribution is -2.44. The van der Waals surface area contributed by atoms with Crippen molar-refractivity contribution in [2.45, 2.75) is 58.3 Å². The van der Waals surface area contributed by atoms with Gasteiger partial charge in [-0.25, -0.2) is 0 Å². The van der Waals surface area contributed by atoms with Crippen molar-refractivity contribution < 1.29 is 0 Å². The summed E-state index contributed by atoms with van der Waals surface area (Å²) in [5, 5.41) is 0. The van der Waals surface area contributed by atoms with Crippen LogP contribution in [0.15, 0.2) is 54.1 Å². The van der Waals surface area contributed by atoms with Gasteiger partial charge in [0.1, 0.15) is 0 Å². The van der Waals surface area contributed by atoms with Crippen LogP contribution >= 0.6 is 0 Å².